The zero-order valence-corrected chi connectivity index (χ0v) is 19.9. The molecule has 2 N–H and O–H groups in total. The number of carboxylic acid groups (broad SMARTS) is 2. The summed E-state index contributed by atoms with van der Waals surface area (Å²) in [6, 6.07) is 19.3. The minimum Gasteiger partial charge on any atom is -0.480 e. The fourth-order valence-corrected chi connectivity index (χ4v) is 6.27. The molecular formula is C24H19Cl2NO6S. The smallest absolute Gasteiger partial charge is 0.325 e. The molecule has 4 rings (SSSR count). The normalized spacial score (nSPS) is 19.7. The van der Waals surface area contributed by atoms with Gasteiger partial charge in [0.05, 0.1) is 4.90 Å². The van der Waals surface area contributed by atoms with Crippen molar-refractivity contribution in [3.63, 3.8) is 0 Å². The molecule has 176 valence electrons. The van der Waals surface area contributed by atoms with Crippen LogP contribution < -0.4 is 0 Å². The van der Waals surface area contributed by atoms with E-state index in [2.05, 4.69) is 0 Å². The zero-order chi connectivity index (χ0) is 24.7. The van der Waals surface area contributed by atoms with Crippen molar-refractivity contribution in [3.8, 4) is 11.1 Å². The van der Waals surface area contributed by atoms with Gasteiger partial charge in [0.15, 0.2) is 0 Å². The molecule has 0 spiro atoms. The highest BCUT2D eigenvalue weighted by atomic mass is 35.5. The highest BCUT2D eigenvalue weighted by molar-refractivity contribution is 7.89. The summed E-state index contributed by atoms with van der Waals surface area (Å²) in [6.45, 7) is -1.01. The van der Waals surface area contributed by atoms with Gasteiger partial charge in [-0.05, 0) is 53.4 Å². The number of sulfonamides is 1. The Kier molecular flexibility index (Phi) is 6.44. The van der Waals surface area contributed by atoms with Crippen LogP contribution >= 0.6 is 23.2 Å². The van der Waals surface area contributed by atoms with Crippen molar-refractivity contribution >= 4 is 45.2 Å². The van der Waals surface area contributed by atoms with Crippen LogP contribution in [0.15, 0.2) is 77.7 Å². The molecule has 1 aliphatic rings. The number of carboxylic acids is 2. The first kappa shape index (κ1) is 24.2. The van der Waals surface area contributed by atoms with E-state index in [4.69, 9.17) is 23.2 Å². The average molecular weight is 520 g/mol. The Morgan fingerprint density at radius 3 is 2.00 bits per heavy atom. The summed E-state index contributed by atoms with van der Waals surface area (Å²) in [5.41, 5.74) is 0.0135. The number of halogens is 2. The van der Waals surface area contributed by atoms with Crippen LogP contribution in [0.5, 0.6) is 0 Å². The average Bonchev–Trinajstić information content (AvgIpc) is 3.55. The van der Waals surface area contributed by atoms with Crippen molar-refractivity contribution in [2.24, 2.45) is 0 Å². The fraction of sp³-hybridized carbons (Fsp3) is 0.167. The lowest BCUT2D eigenvalue weighted by Gasteiger charge is -2.28. The molecule has 0 saturated heterocycles. The van der Waals surface area contributed by atoms with Gasteiger partial charge in [0.1, 0.15) is 12.1 Å². The molecule has 34 heavy (non-hydrogen) atoms. The summed E-state index contributed by atoms with van der Waals surface area (Å²) >= 11 is 12.1. The molecule has 0 amide bonds. The number of hydrogen-bond acceptors (Lipinski definition) is 4. The lowest BCUT2D eigenvalue weighted by Crippen LogP contribution is -2.50. The van der Waals surface area contributed by atoms with Crippen LogP contribution in [0.3, 0.4) is 0 Å². The monoisotopic (exact) mass is 519 g/mol. The van der Waals surface area contributed by atoms with Crippen LogP contribution in [-0.2, 0) is 19.6 Å². The van der Waals surface area contributed by atoms with Crippen LogP contribution in [0.4, 0.5) is 0 Å². The Hall–Kier alpha value is -2.91. The summed E-state index contributed by atoms with van der Waals surface area (Å²) in [7, 11) is -4.49. The maximum Gasteiger partial charge on any atom is 0.325 e. The van der Waals surface area contributed by atoms with E-state index >= 15 is 0 Å². The molecule has 0 heterocycles. The van der Waals surface area contributed by atoms with Crippen molar-refractivity contribution in [2.75, 3.05) is 6.54 Å². The second kappa shape index (κ2) is 9.03. The molecule has 10 heteroatoms. The maximum atomic E-state index is 13.6. The number of benzene rings is 3. The Labute approximate surface area is 206 Å². The summed E-state index contributed by atoms with van der Waals surface area (Å²) in [5.74, 6) is -3.69. The Balaban J connectivity index is 1.74. The van der Waals surface area contributed by atoms with E-state index < -0.39 is 40.0 Å². The highest BCUT2D eigenvalue weighted by Crippen LogP contribution is 2.58. The van der Waals surface area contributed by atoms with Gasteiger partial charge in [-0.3, -0.25) is 9.59 Å². The molecule has 1 saturated carbocycles. The van der Waals surface area contributed by atoms with Crippen molar-refractivity contribution in [1.29, 1.82) is 0 Å². The van der Waals surface area contributed by atoms with Gasteiger partial charge in [-0.15, -0.1) is 0 Å². The first-order valence-electron chi connectivity index (χ1n) is 10.2. The zero-order valence-electron chi connectivity index (χ0n) is 17.6. The molecular weight excluding hydrogens is 501 g/mol. The van der Waals surface area contributed by atoms with E-state index in [1.54, 1.807) is 60.7 Å². The van der Waals surface area contributed by atoms with E-state index in [-0.39, 0.29) is 16.3 Å². The van der Waals surface area contributed by atoms with Crippen molar-refractivity contribution in [3.05, 3.63) is 88.4 Å². The van der Waals surface area contributed by atoms with Crippen LogP contribution in [-0.4, -0.2) is 47.0 Å². The third-order valence-electron chi connectivity index (χ3n) is 5.93. The van der Waals surface area contributed by atoms with Gasteiger partial charge in [0, 0.05) is 16.0 Å². The fourth-order valence-electron chi connectivity index (χ4n) is 4.15. The molecule has 0 unspecified atom stereocenters. The van der Waals surface area contributed by atoms with E-state index in [0.717, 1.165) is 5.56 Å². The van der Waals surface area contributed by atoms with Crippen molar-refractivity contribution in [1.82, 2.24) is 4.31 Å². The Morgan fingerprint density at radius 1 is 0.912 bits per heavy atom. The quantitative estimate of drug-likeness (QED) is 0.444. The van der Waals surface area contributed by atoms with Gasteiger partial charge in [0.2, 0.25) is 10.0 Å². The van der Waals surface area contributed by atoms with Crippen molar-refractivity contribution < 1.29 is 28.2 Å². The number of carbonyl (C=O) groups is 2. The van der Waals surface area contributed by atoms with Gasteiger partial charge >= 0.3 is 11.9 Å². The Morgan fingerprint density at radius 2 is 1.47 bits per heavy atom. The standard InChI is InChI=1S/C24H19Cl2NO6S/c25-17-9-5-15(6-10-17)16-7-11-18(12-8-16)34(32,33)27(14-22(28)29)24(23(30)31)13-20(24)19-3-1-2-4-21(19)26/h1-12,20H,13-14H2,(H,28,29)(H,30,31)/t20-,24+/m0/s1. The van der Waals surface area contributed by atoms with Gasteiger partial charge in [0.25, 0.3) is 0 Å². The highest BCUT2D eigenvalue weighted by Gasteiger charge is 2.68. The largest absolute Gasteiger partial charge is 0.480 e. The minimum atomic E-state index is -4.49. The maximum absolute atomic E-state index is 13.6. The van der Waals surface area contributed by atoms with Crippen LogP contribution in [0.25, 0.3) is 11.1 Å². The molecule has 0 bridgehead atoms. The number of aliphatic carboxylic acids is 2. The molecule has 1 fully saturated rings. The van der Waals surface area contributed by atoms with Gasteiger partial charge in [-0.1, -0.05) is 65.7 Å². The molecule has 0 aromatic heterocycles. The topological polar surface area (TPSA) is 112 Å². The summed E-state index contributed by atoms with van der Waals surface area (Å²) in [5, 5.41) is 20.4. The SMILES string of the molecule is O=C(O)CN([C@]1(C(=O)O)C[C@H]1c1ccccc1Cl)S(=O)(=O)c1ccc(-c2ccc(Cl)cc2)cc1. The second-order valence-corrected chi connectivity index (χ2v) is 10.7. The first-order valence-corrected chi connectivity index (χ1v) is 12.4. The third kappa shape index (κ3) is 4.30. The predicted octanol–water partition coefficient (Wildman–Crippen LogP) is 4.75. The lowest BCUT2D eigenvalue weighted by atomic mass is 10.1. The molecule has 1 aliphatic carbocycles. The van der Waals surface area contributed by atoms with E-state index in [1.165, 1.54) is 12.1 Å². The molecule has 7 nitrogen and oxygen atoms in total. The predicted molar refractivity (Wildman–Crippen MR) is 128 cm³/mol. The van der Waals surface area contributed by atoms with Gasteiger partial charge in [-0.2, -0.15) is 4.31 Å². The third-order valence-corrected chi connectivity index (χ3v) is 8.43. The second-order valence-electron chi connectivity index (χ2n) is 7.94. The molecule has 0 aliphatic heterocycles. The number of hydrogen-bond donors (Lipinski definition) is 2. The van der Waals surface area contributed by atoms with E-state index in [0.29, 0.717) is 20.5 Å². The summed E-state index contributed by atoms with van der Waals surface area (Å²) < 4.78 is 27.7. The molecule has 3 aromatic carbocycles. The van der Waals surface area contributed by atoms with Crippen molar-refractivity contribution in [2.45, 2.75) is 22.8 Å². The van der Waals surface area contributed by atoms with E-state index in [1.807, 2.05) is 0 Å². The number of rotatable bonds is 8. The number of nitrogens with zero attached hydrogens (tertiary/aromatic N) is 1. The van der Waals surface area contributed by atoms with Crippen LogP contribution in [0.2, 0.25) is 10.0 Å². The van der Waals surface area contributed by atoms with Crippen LogP contribution in [0, 0.1) is 0 Å². The molecule has 2 atom stereocenters. The molecule has 3 aromatic rings. The molecule has 0 radical (unpaired) electrons. The minimum absolute atomic E-state index is 0.0958. The summed E-state index contributed by atoms with van der Waals surface area (Å²) in [6.07, 6.45) is -0.0958. The lowest BCUT2D eigenvalue weighted by molar-refractivity contribution is -0.145. The van der Waals surface area contributed by atoms with Gasteiger partial charge in [-0.25, -0.2) is 8.42 Å². The first-order chi connectivity index (χ1) is 16.1. The summed E-state index contributed by atoms with van der Waals surface area (Å²) in [4.78, 5) is 23.8. The van der Waals surface area contributed by atoms with Gasteiger partial charge < -0.3 is 10.2 Å². The Bertz CT molecular complexity index is 1360. The van der Waals surface area contributed by atoms with E-state index in [9.17, 15) is 28.2 Å². The van der Waals surface area contributed by atoms with Crippen LogP contribution in [0.1, 0.15) is 17.9 Å².